The van der Waals surface area contributed by atoms with Gasteiger partial charge in [0.2, 0.25) is 0 Å². The van der Waals surface area contributed by atoms with Crippen LogP contribution in [0.3, 0.4) is 0 Å². The van der Waals surface area contributed by atoms with Crippen LogP contribution in [-0.4, -0.2) is 35.0 Å². The first kappa shape index (κ1) is 13.7. The Labute approximate surface area is 113 Å². The van der Waals surface area contributed by atoms with E-state index in [0.717, 1.165) is 25.8 Å². The molecule has 1 aliphatic heterocycles. The van der Waals surface area contributed by atoms with Crippen LogP contribution in [0.2, 0.25) is 0 Å². The van der Waals surface area contributed by atoms with E-state index < -0.39 is 5.91 Å². The highest BCUT2D eigenvalue weighted by atomic mass is 16.1. The minimum atomic E-state index is -0.545. The van der Waals surface area contributed by atoms with Crippen molar-refractivity contribution < 1.29 is 4.79 Å². The highest BCUT2D eigenvalue weighted by Crippen LogP contribution is 2.29. The molecule has 1 aromatic heterocycles. The zero-order valence-electron chi connectivity index (χ0n) is 11.2. The normalized spacial score (nSPS) is 23.4. The third-order valence-corrected chi connectivity index (χ3v) is 3.86. The van der Waals surface area contributed by atoms with Crippen LogP contribution in [0.25, 0.3) is 0 Å². The molecule has 19 heavy (non-hydrogen) atoms. The van der Waals surface area contributed by atoms with Gasteiger partial charge in [-0.15, -0.1) is 0 Å². The van der Waals surface area contributed by atoms with Gasteiger partial charge in [-0.25, -0.2) is 9.97 Å². The van der Waals surface area contributed by atoms with Gasteiger partial charge in [0.05, 0.1) is 0 Å². The summed E-state index contributed by atoms with van der Waals surface area (Å²) in [5.41, 5.74) is 11.5. The Kier molecular flexibility index (Phi) is 4.31. The highest BCUT2D eigenvalue weighted by Gasteiger charge is 2.30. The van der Waals surface area contributed by atoms with Crippen LogP contribution in [0.1, 0.15) is 36.7 Å². The molecule has 1 aromatic rings. The second-order valence-corrected chi connectivity index (χ2v) is 4.97. The molecular formula is C13H21N5O. The number of hydrogen-bond donors (Lipinski definition) is 2. The van der Waals surface area contributed by atoms with Crippen molar-refractivity contribution in [3.05, 3.63) is 18.1 Å². The average Bonchev–Trinajstić information content (AvgIpc) is 2.46. The number of nitrogens with two attached hydrogens (primary N) is 2. The number of nitrogens with zero attached hydrogens (tertiary/aromatic N) is 3. The number of hydrogen-bond acceptors (Lipinski definition) is 5. The summed E-state index contributed by atoms with van der Waals surface area (Å²) in [6, 6.07) is 0.202. The average molecular weight is 263 g/mol. The van der Waals surface area contributed by atoms with Crippen molar-refractivity contribution in [3.63, 3.8) is 0 Å². The van der Waals surface area contributed by atoms with Gasteiger partial charge in [0.15, 0.2) is 11.5 Å². The van der Waals surface area contributed by atoms with E-state index >= 15 is 0 Å². The molecule has 2 rings (SSSR count). The molecule has 0 radical (unpaired) electrons. The number of anilines is 1. The minimum absolute atomic E-state index is 0.202. The second kappa shape index (κ2) is 5.97. The molecule has 0 bridgehead atoms. The van der Waals surface area contributed by atoms with Gasteiger partial charge in [-0.05, 0) is 18.8 Å². The van der Waals surface area contributed by atoms with Crippen LogP contribution >= 0.6 is 0 Å². The second-order valence-electron chi connectivity index (χ2n) is 4.97. The lowest BCUT2D eigenvalue weighted by atomic mass is 9.89. The first-order valence-electron chi connectivity index (χ1n) is 6.74. The maximum Gasteiger partial charge on any atom is 0.271 e. The maximum atomic E-state index is 11.4. The molecule has 2 heterocycles. The summed E-state index contributed by atoms with van der Waals surface area (Å²) in [6.45, 7) is 3.59. The lowest BCUT2D eigenvalue weighted by Crippen LogP contribution is -2.48. The van der Waals surface area contributed by atoms with Crippen molar-refractivity contribution in [2.24, 2.45) is 17.4 Å². The summed E-state index contributed by atoms with van der Waals surface area (Å²) >= 11 is 0. The zero-order valence-corrected chi connectivity index (χ0v) is 11.2. The summed E-state index contributed by atoms with van der Waals surface area (Å²) in [5.74, 6) is 0.718. The van der Waals surface area contributed by atoms with Crippen LogP contribution < -0.4 is 16.4 Å². The number of amides is 1. The number of rotatable bonds is 4. The first-order chi connectivity index (χ1) is 9.17. The predicted octanol–water partition coefficient (Wildman–Crippen LogP) is 0.529. The molecule has 2 atom stereocenters. The van der Waals surface area contributed by atoms with Gasteiger partial charge >= 0.3 is 0 Å². The van der Waals surface area contributed by atoms with Crippen LogP contribution in [0, 0.1) is 5.92 Å². The van der Waals surface area contributed by atoms with E-state index in [0.29, 0.717) is 18.3 Å². The van der Waals surface area contributed by atoms with E-state index in [1.807, 2.05) is 0 Å². The molecular weight excluding hydrogens is 242 g/mol. The molecule has 0 aliphatic carbocycles. The van der Waals surface area contributed by atoms with E-state index in [-0.39, 0.29) is 11.7 Å². The van der Waals surface area contributed by atoms with Crippen LogP contribution in [-0.2, 0) is 0 Å². The van der Waals surface area contributed by atoms with Gasteiger partial charge in [-0.3, -0.25) is 4.79 Å². The smallest absolute Gasteiger partial charge is 0.271 e. The monoisotopic (exact) mass is 263 g/mol. The molecule has 0 aromatic carbocycles. The zero-order chi connectivity index (χ0) is 13.8. The van der Waals surface area contributed by atoms with Crippen molar-refractivity contribution in [3.8, 4) is 0 Å². The highest BCUT2D eigenvalue weighted by molar-refractivity contribution is 5.95. The van der Waals surface area contributed by atoms with E-state index in [1.54, 1.807) is 6.20 Å². The predicted molar refractivity (Wildman–Crippen MR) is 73.8 cm³/mol. The van der Waals surface area contributed by atoms with Gasteiger partial charge in [-0.2, -0.15) is 0 Å². The number of carbonyl (C=O) groups is 1. The number of aromatic nitrogens is 2. The van der Waals surface area contributed by atoms with Crippen LogP contribution in [0.4, 0.5) is 5.82 Å². The van der Waals surface area contributed by atoms with Crippen molar-refractivity contribution in [1.29, 1.82) is 0 Å². The molecule has 6 heteroatoms. The standard InChI is InChI=1S/C13H21N5O/c1-2-9-3-6-18(10(7-9)8-14)13-11(12(15)19)16-4-5-17-13/h4-5,9-10H,2-3,6-8,14H2,1H3,(H2,15,19). The van der Waals surface area contributed by atoms with Crippen molar-refractivity contribution in [2.45, 2.75) is 32.2 Å². The molecule has 1 amide bonds. The maximum absolute atomic E-state index is 11.4. The van der Waals surface area contributed by atoms with Crippen molar-refractivity contribution >= 4 is 11.7 Å². The van der Waals surface area contributed by atoms with Gasteiger partial charge < -0.3 is 16.4 Å². The number of carbonyl (C=O) groups excluding carboxylic acids is 1. The van der Waals surface area contributed by atoms with Crippen molar-refractivity contribution in [1.82, 2.24) is 9.97 Å². The largest absolute Gasteiger partial charge is 0.364 e. The fourth-order valence-corrected chi connectivity index (χ4v) is 2.72. The lowest BCUT2D eigenvalue weighted by Gasteiger charge is -2.39. The fourth-order valence-electron chi connectivity index (χ4n) is 2.72. The van der Waals surface area contributed by atoms with Gasteiger partial charge in [0, 0.05) is 31.5 Å². The van der Waals surface area contributed by atoms with Crippen molar-refractivity contribution in [2.75, 3.05) is 18.0 Å². The summed E-state index contributed by atoms with van der Waals surface area (Å²) in [5, 5.41) is 0. The van der Waals surface area contributed by atoms with Crippen LogP contribution in [0.15, 0.2) is 12.4 Å². The molecule has 6 nitrogen and oxygen atoms in total. The molecule has 1 fully saturated rings. The third-order valence-electron chi connectivity index (χ3n) is 3.86. The Bertz CT molecular complexity index is 450. The Morgan fingerprint density at radius 2 is 2.21 bits per heavy atom. The Morgan fingerprint density at radius 1 is 1.47 bits per heavy atom. The first-order valence-corrected chi connectivity index (χ1v) is 6.74. The molecule has 0 spiro atoms. The minimum Gasteiger partial charge on any atom is -0.364 e. The fraction of sp³-hybridized carbons (Fsp3) is 0.615. The number of primary amides is 1. The van der Waals surface area contributed by atoms with E-state index in [2.05, 4.69) is 21.8 Å². The Hall–Kier alpha value is -1.69. The topological polar surface area (TPSA) is 98.1 Å². The molecule has 4 N–H and O–H groups in total. The SMILES string of the molecule is CCC1CCN(c2nccnc2C(N)=O)C(CN)C1. The third kappa shape index (κ3) is 2.84. The van der Waals surface area contributed by atoms with Crippen LogP contribution in [0.5, 0.6) is 0 Å². The van der Waals surface area contributed by atoms with Gasteiger partial charge in [0.25, 0.3) is 5.91 Å². The van der Waals surface area contributed by atoms with E-state index in [9.17, 15) is 4.79 Å². The molecule has 1 saturated heterocycles. The summed E-state index contributed by atoms with van der Waals surface area (Å²) in [7, 11) is 0. The summed E-state index contributed by atoms with van der Waals surface area (Å²) < 4.78 is 0. The summed E-state index contributed by atoms with van der Waals surface area (Å²) in [4.78, 5) is 21.8. The van der Waals surface area contributed by atoms with E-state index in [4.69, 9.17) is 11.5 Å². The lowest BCUT2D eigenvalue weighted by molar-refractivity contribution is 0.0995. The van der Waals surface area contributed by atoms with Gasteiger partial charge in [0.1, 0.15) is 0 Å². The summed E-state index contributed by atoms with van der Waals surface area (Å²) in [6.07, 6.45) is 6.35. The molecule has 0 saturated carbocycles. The molecule has 1 aliphatic rings. The quantitative estimate of drug-likeness (QED) is 0.825. The van der Waals surface area contributed by atoms with E-state index in [1.165, 1.54) is 6.20 Å². The Morgan fingerprint density at radius 3 is 2.84 bits per heavy atom. The molecule has 104 valence electrons. The molecule has 2 unspecified atom stereocenters. The van der Waals surface area contributed by atoms with Gasteiger partial charge in [-0.1, -0.05) is 13.3 Å². The number of piperidine rings is 1. The Balaban J connectivity index is 2.28.